The highest BCUT2D eigenvalue weighted by molar-refractivity contribution is 8.00. The van der Waals surface area contributed by atoms with Crippen molar-refractivity contribution in [2.24, 2.45) is 0 Å². The van der Waals surface area contributed by atoms with Crippen LogP contribution in [-0.2, 0) is 15.3 Å². The summed E-state index contributed by atoms with van der Waals surface area (Å²) in [5.41, 5.74) is 2.23. The standard InChI is InChI=1S/C19H16ClN3O3S2/c1-12-10-27-19(22-12)28-11-13-4-2-3-5-15(13)18(25)26-9-17(24)23-16-7-6-14(20)8-21-16/h2-8,10H,9,11H2,1H3,(H,21,23,24). The number of halogens is 1. The largest absolute Gasteiger partial charge is 0.452 e. The lowest BCUT2D eigenvalue weighted by atomic mass is 10.1. The van der Waals surface area contributed by atoms with Crippen LogP contribution in [0.25, 0.3) is 0 Å². The average Bonchev–Trinajstić information content (AvgIpc) is 3.12. The molecule has 0 saturated heterocycles. The quantitative estimate of drug-likeness (QED) is 0.433. The zero-order valence-corrected chi connectivity index (χ0v) is 17.2. The predicted molar refractivity (Wildman–Crippen MR) is 111 cm³/mol. The number of thioether (sulfide) groups is 1. The number of amides is 1. The predicted octanol–water partition coefficient (Wildman–Crippen LogP) is 4.59. The van der Waals surface area contributed by atoms with Gasteiger partial charge in [0.15, 0.2) is 6.61 Å². The molecule has 0 aliphatic heterocycles. The van der Waals surface area contributed by atoms with Gasteiger partial charge in [-0.15, -0.1) is 11.3 Å². The Balaban J connectivity index is 1.56. The van der Waals surface area contributed by atoms with Gasteiger partial charge >= 0.3 is 5.97 Å². The van der Waals surface area contributed by atoms with E-state index in [0.29, 0.717) is 22.2 Å². The number of nitrogens with one attached hydrogen (secondary N) is 1. The first-order chi connectivity index (χ1) is 13.5. The van der Waals surface area contributed by atoms with Crippen molar-refractivity contribution in [3.05, 3.63) is 69.8 Å². The van der Waals surface area contributed by atoms with E-state index in [2.05, 4.69) is 15.3 Å². The Kier molecular flexibility index (Phi) is 7.02. The maximum Gasteiger partial charge on any atom is 0.338 e. The van der Waals surface area contributed by atoms with E-state index in [1.165, 1.54) is 6.20 Å². The van der Waals surface area contributed by atoms with Gasteiger partial charge in [-0.3, -0.25) is 4.79 Å². The van der Waals surface area contributed by atoms with Crippen molar-refractivity contribution in [1.29, 1.82) is 0 Å². The molecule has 0 aliphatic carbocycles. The highest BCUT2D eigenvalue weighted by atomic mass is 35.5. The number of aryl methyl sites for hydroxylation is 1. The van der Waals surface area contributed by atoms with Crippen molar-refractivity contribution in [3.63, 3.8) is 0 Å². The minimum absolute atomic E-state index is 0.334. The fraction of sp³-hybridized carbons (Fsp3) is 0.158. The van der Waals surface area contributed by atoms with E-state index in [9.17, 15) is 9.59 Å². The molecule has 0 spiro atoms. The van der Waals surface area contributed by atoms with Gasteiger partial charge < -0.3 is 10.1 Å². The lowest BCUT2D eigenvalue weighted by Gasteiger charge is -2.09. The number of benzene rings is 1. The number of esters is 1. The molecule has 0 atom stereocenters. The average molecular weight is 434 g/mol. The molecule has 0 bridgehead atoms. The van der Waals surface area contributed by atoms with Crippen LogP contribution in [0, 0.1) is 6.92 Å². The van der Waals surface area contributed by atoms with Crippen LogP contribution in [0.2, 0.25) is 5.02 Å². The normalized spacial score (nSPS) is 10.5. The van der Waals surface area contributed by atoms with E-state index in [0.717, 1.165) is 15.6 Å². The zero-order valence-electron chi connectivity index (χ0n) is 14.8. The first-order valence-corrected chi connectivity index (χ1v) is 10.5. The molecule has 28 heavy (non-hydrogen) atoms. The van der Waals surface area contributed by atoms with Crippen LogP contribution in [0.1, 0.15) is 21.6 Å². The van der Waals surface area contributed by atoms with E-state index in [4.69, 9.17) is 16.3 Å². The third-order valence-electron chi connectivity index (χ3n) is 3.52. The minimum atomic E-state index is -0.550. The number of hydrogen-bond acceptors (Lipinski definition) is 7. The molecule has 9 heteroatoms. The molecule has 1 N–H and O–H groups in total. The van der Waals surface area contributed by atoms with Crippen molar-refractivity contribution >= 4 is 52.4 Å². The Hall–Kier alpha value is -2.42. The van der Waals surface area contributed by atoms with Gasteiger partial charge in [-0.1, -0.05) is 41.6 Å². The van der Waals surface area contributed by atoms with Gasteiger partial charge in [-0.25, -0.2) is 14.8 Å². The molecule has 2 aromatic heterocycles. The Bertz CT molecular complexity index is 977. The Morgan fingerprint density at radius 3 is 2.79 bits per heavy atom. The van der Waals surface area contributed by atoms with Crippen LogP contribution in [0.3, 0.4) is 0 Å². The van der Waals surface area contributed by atoms with E-state index < -0.39 is 18.5 Å². The van der Waals surface area contributed by atoms with Gasteiger partial charge in [0.05, 0.1) is 10.6 Å². The number of hydrogen-bond donors (Lipinski definition) is 1. The second-order valence-electron chi connectivity index (χ2n) is 5.69. The number of rotatable bonds is 7. The summed E-state index contributed by atoms with van der Waals surface area (Å²) in [5, 5.41) is 4.99. The molecular formula is C19H16ClN3O3S2. The van der Waals surface area contributed by atoms with Gasteiger partial charge in [0, 0.05) is 23.0 Å². The summed E-state index contributed by atoms with van der Waals surface area (Å²) in [5.74, 6) is -0.112. The molecule has 0 aliphatic rings. The van der Waals surface area contributed by atoms with Gasteiger partial charge in [0.2, 0.25) is 0 Å². The summed E-state index contributed by atoms with van der Waals surface area (Å²) in [7, 11) is 0. The maximum absolute atomic E-state index is 12.4. The SMILES string of the molecule is Cc1csc(SCc2ccccc2C(=O)OCC(=O)Nc2ccc(Cl)cn2)n1. The van der Waals surface area contributed by atoms with E-state index in [1.54, 1.807) is 47.4 Å². The molecule has 3 rings (SSSR count). The van der Waals surface area contributed by atoms with E-state index in [1.807, 2.05) is 24.4 Å². The molecule has 0 saturated carbocycles. The van der Waals surface area contributed by atoms with E-state index >= 15 is 0 Å². The number of aromatic nitrogens is 2. The lowest BCUT2D eigenvalue weighted by Crippen LogP contribution is -2.21. The fourth-order valence-corrected chi connectivity index (χ4v) is 4.19. The van der Waals surface area contributed by atoms with Crippen molar-refractivity contribution in [2.45, 2.75) is 17.0 Å². The summed E-state index contributed by atoms with van der Waals surface area (Å²) < 4.78 is 6.10. The van der Waals surface area contributed by atoms with Crippen molar-refractivity contribution in [2.75, 3.05) is 11.9 Å². The lowest BCUT2D eigenvalue weighted by molar-refractivity contribution is -0.119. The monoisotopic (exact) mass is 433 g/mol. The van der Waals surface area contributed by atoms with Crippen LogP contribution in [-0.4, -0.2) is 28.5 Å². The molecule has 0 fully saturated rings. The minimum Gasteiger partial charge on any atom is -0.452 e. The third kappa shape index (κ3) is 5.79. The van der Waals surface area contributed by atoms with Crippen LogP contribution in [0.15, 0.2) is 52.3 Å². The third-order valence-corrected chi connectivity index (χ3v) is 5.93. The number of ether oxygens (including phenoxy) is 1. The number of thiazole rings is 1. The molecule has 3 aromatic rings. The topological polar surface area (TPSA) is 81.2 Å². The van der Waals surface area contributed by atoms with Crippen molar-refractivity contribution in [1.82, 2.24) is 9.97 Å². The Labute approximate surface area is 175 Å². The van der Waals surface area contributed by atoms with Gasteiger partial charge in [0.25, 0.3) is 5.91 Å². The molecular weight excluding hydrogens is 418 g/mol. The van der Waals surface area contributed by atoms with Gasteiger partial charge in [0.1, 0.15) is 10.2 Å². The maximum atomic E-state index is 12.4. The van der Waals surface area contributed by atoms with Gasteiger partial charge in [-0.05, 0) is 30.7 Å². The first kappa shape index (κ1) is 20.3. The van der Waals surface area contributed by atoms with Crippen molar-refractivity contribution < 1.29 is 14.3 Å². The number of carbonyl (C=O) groups excluding carboxylic acids is 2. The van der Waals surface area contributed by atoms with Gasteiger partial charge in [-0.2, -0.15) is 0 Å². The highest BCUT2D eigenvalue weighted by Crippen LogP contribution is 2.27. The summed E-state index contributed by atoms with van der Waals surface area (Å²) in [6, 6.07) is 10.3. The molecule has 2 heterocycles. The summed E-state index contributed by atoms with van der Waals surface area (Å²) in [4.78, 5) is 32.7. The molecule has 1 amide bonds. The number of anilines is 1. The van der Waals surface area contributed by atoms with Crippen LogP contribution < -0.4 is 5.32 Å². The Morgan fingerprint density at radius 2 is 2.07 bits per heavy atom. The zero-order chi connectivity index (χ0) is 19.9. The summed E-state index contributed by atoms with van der Waals surface area (Å²) in [6.07, 6.45) is 1.42. The second kappa shape index (κ2) is 9.68. The highest BCUT2D eigenvalue weighted by Gasteiger charge is 2.15. The molecule has 0 unspecified atom stereocenters. The number of pyridine rings is 1. The smallest absolute Gasteiger partial charge is 0.338 e. The van der Waals surface area contributed by atoms with Crippen LogP contribution >= 0.6 is 34.7 Å². The Morgan fingerprint density at radius 1 is 1.25 bits per heavy atom. The molecule has 0 radical (unpaired) electrons. The van der Waals surface area contributed by atoms with Crippen LogP contribution in [0.5, 0.6) is 0 Å². The van der Waals surface area contributed by atoms with Crippen molar-refractivity contribution in [3.8, 4) is 0 Å². The summed E-state index contributed by atoms with van der Waals surface area (Å²) in [6.45, 7) is 1.53. The first-order valence-electron chi connectivity index (χ1n) is 8.22. The van der Waals surface area contributed by atoms with E-state index in [-0.39, 0.29) is 0 Å². The van der Waals surface area contributed by atoms with Crippen LogP contribution in [0.4, 0.5) is 5.82 Å². The second-order valence-corrected chi connectivity index (χ2v) is 8.20. The number of carbonyl (C=O) groups is 2. The molecule has 6 nitrogen and oxygen atoms in total. The summed E-state index contributed by atoms with van der Waals surface area (Å²) >= 11 is 8.87. The molecule has 1 aromatic carbocycles. The number of nitrogens with zero attached hydrogens (tertiary/aromatic N) is 2. The fourth-order valence-electron chi connectivity index (χ4n) is 2.22. The molecule has 144 valence electrons.